The Morgan fingerprint density at radius 1 is 0.972 bits per heavy atom. The predicted octanol–water partition coefficient (Wildman–Crippen LogP) is 7.28. The number of carbonyl (C=O) groups is 2. The molecule has 0 saturated carbocycles. The van der Waals surface area contributed by atoms with Crippen molar-refractivity contribution in [3.63, 3.8) is 0 Å². The molecule has 1 N–H and O–H groups in total. The van der Waals surface area contributed by atoms with Crippen molar-refractivity contribution >= 4 is 35.0 Å². The van der Waals surface area contributed by atoms with Crippen molar-refractivity contribution in [2.75, 3.05) is 11.5 Å². The Bertz CT molecular complexity index is 1360. The minimum absolute atomic E-state index is 0.101. The highest BCUT2D eigenvalue weighted by Gasteiger charge is 2.29. The van der Waals surface area contributed by atoms with Gasteiger partial charge in [-0.05, 0) is 49.1 Å². The maximum atomic E-state index is 13.0. The number of carboxylic acids is 1. The Hall–Kier alpha value is -4.10. The minimum atomic E-state index is -0.812. The normalized spacial score (nSPS) is 10.8. The molecule has 184 valence electrons. The van der Waals surface area contributed by atoms with Crippen LogP contribution in [0.3, 0.4) is 0 Å². The molecule has 0 aliphatic heterocycles. The summed E-state index contributed by atoms with van der Waals surface area (Å²) in [6.07, 6.45) is 0.00641. The molecule has 4 rings (SSSR count). The molecule has 0 saturated heterocycles. The average Bonchev–Trinajstić information content (AvgIpc) is 3.25. The van der Waals surface area contributed by atoms with E-state index in [1.165, 1.54) is 4.90 Å². The lowest BCUT2D eigenvalue weighted by atomic mass is 10.00. The second kappa shape index (κ2) is 11.1. The number of anilines is 2. The van der Waals surface area contributed by atoms with Crippen molar-refractivity contribution in [1.29, 1.82) is 0 Å². The van der Waals surface area contributed by atoms with Gasteiger partial charge in [-0.3, -0.25) is 4.79 Å². The number of nitrogens with zero attached hydrogens (tertiary/aromatic N) is 2. The van der Waals surface area contributed by atoms with E-state index >= 15 is 0 Å². The summed E-state index contributed by atoms with van der Waals surface area (Å²) in [4.78, 5) is 25.2. The number of aliphatic carboxylic acids is 1. The highest BCUT2D eigenvalue weighted by atomic mass is 35.5. The van der Waals surface area contributed by atoms with Crippen LogP contribution in [0.1, 0.15) is 24.6 Å². The van der Waals surface area contributed by atoms with Crippen LogP contribution in [-0.4, -0.2) is 28.9 Å². The molecule has 1 aromatic heterocycles. The summed E-state index contributed by atoms with van der Waals surface area (Å²) in [7, 11) is 0. The molecule has 0 atom stereocenters. The lowest BCUT2D eigenvalue weighted by molar-refractivity contribution is -0.136. The van der Waals surface area contributed by atoms with E-state index in [0.717, 1.165) is 22.3 Å². The molecule has 36 heavy (non-hydrogen) atoms. The second-order valence-corrected chi connectivity index (χ2v) is 8.51. The highest BCUT2D eigenvalue weighted by molar-refractivity contribution is 6.34. The van der Waals surface area contributed by atoms with Crippen molar-refractivity contribution in [2.24, 2.45) is 0 Å². The van der Waals surface area contributed by atoms with Crippen LogP contribution in [0.5, 0.6) is 0 Å². The van der Waals surface area contributed by atoms with E-state index in [1.54, 1.807) is 38.1 Å². The molecule has 0 unspecified atom stereocenters. The van der Waals surface area contributed by atoms with Crippen molar-refractivity contribution in [3.8, 4) is 22.5 Å². The number of hydrogen-bond donors (Lipinski definition) is 1. The first-order valence-electron chi connectivity index (χ1n) is 11.5. The minimum Gasteiger partial charge on any atom is -0.481 e. The number of rotatable bonds is 8. The van der Waals surface area contributed by atoms with Gasteiger partial charge in [0.2, 0.25) is 0 Å². The number of aryl methyl sites for hydroxylation is 2. The van der Waals surface area contributed by atoms with Gasteiger partial charge in [0.1, 0.15) is 11.4 Å². The van der Waals surface area contributed by atoms with Gasteiger partial charge in [0, 0.05) is 12.0 Å². The van der Waals surface area contributed by atoms with Crippen LogP contribution in [0.25, 0.3) is 22.5 Å². The van der Waals surface area contributed by atoms with Gasteiger partial charge in [-0.25, -0.2) is 9.69 Å². The third-order valence-corrected chi connectivity index (χ3v) is 5.98. The summed E-state index contributed by atoms with van der Waals surface area (Å²) >= 11 is 6.44. The lowest BCUT2D eigenvalue weighted by Gasteiger charge is -2.23. The van der Waals surface area contributed by atoms with E-state index in [-0.39, 0.29) is 13.0 Å². The molecular formula is C28H25ClN2O5. The summed E-state index contributed by atoms with van der Waals surface area (Å²) < 4.78 is 11.0. The maximum absolute atomic E-state index is 13.0. The largest absolute Gasteiger partial charge is 0.481 e. The fourth-order valence-corrected chi connectivity index (χ4v) is 4.10. The van der Waals surface area contributed by atoms with Gasteiger partial charge in [0.15, 0.2) is 5.76 Å². The molecule has 1 heterocycles. The van der Waals surface area contributed by atoms with Gasteiger partial charge in [-0.2, -0.15) is 0 Å². The number of amides is 1. The average molecular weight is 505 g/mol. The molecule has 0 bridgehead atoms. The molecule has 0 spiro atoms. The number of hydrogen-bond acceptors (Lipinski definition) is 5. The van der Waals surface area contributed by atoms with Gasteiger partial charge < -0.3 is 14.4 Å². The van der Waals surface area contributed by atoms with Crippen molar-refractivity contribution < 1.29 is 24.0 Å². The van der Waals surface area contributed by atoms with Crippen molar-refractivity contribution in [3.05, 3.63) is 89.1 Å². The molecule has 0 aliphatic carbocycles. The number of carboxylic acid groups (broad SMARTS) is 1. The summed E-state index contributed by atoms with van der Waals surface area (Å²) in [5.74, 6) is -0.399. The Kier molecular flexibility index (Phi) is 7.71. The van der Waals surface area contributed by atoms with E-state index in [1.807, 2.05) is 48.5 Å². The first-order valence-corrected chi connectivity index (χ1v) is 11.9. The number of ether oxygens (including phenoxy) is 1. The molecule has 4 aromatic rings. The van der Waals surface area contributed by atoms with E-state index in [4.69, 9.17) is 26.0 Å². The Labute approximate surface area is 213 Å². The van der Waals surface area contributed by atoms with Crippen LogP contribution in [0.2, 0.25) is 5.02 Å². The zero-order valence-electron chi connectivity index (χ0n) is 19.9. The van der Waals surface area contributed by atoms with Crippen LogP contribution in [0.4, 0.5) is 16.2 Å². The Balaban J connectivity index is 1.67. The van der Waals surface area contributed by atoms with Crippen LogP contribution in [-0.2, 0) is 16.0 Å². The molecule has 8 heteroatoms. The lowest BCUT2D eigenvalue weighted by Crippen LogP contribution is -2.27. The third kappa shape index (κ3) is 5.42. The topological polar surface area (TPSA) is 92.9 Å². The third-order valence-electron chi connectivity index (χ3n) is 5.66. The van der Waals surface area contributed by atoms with E-state index in [0.29, 0.717) is 34.3 Å². The van der Waals surface area contributed by atoms with Crippen LogP contribution in [0.15, 0.2) is 77.3 Å². The van der Waals surface area contributed by atoms with Crippen LogP contribution < -0.4 is 4.90 Å². The zero-order chi connectivity index (χ0) is 25.7. The number of para-hydroxylation sites is 1. The van der Waals surface area contributed by atoms with Crippen molar-refractivity contribution in [2.45, 2.75) is 26.7 Å². The van der Waals surface area contributed by atoms with E-state index in [9.17, 15) is 9.59 Å². The first-order chi connectivity index (χ1) is 17.4. The second-order valence-electron chi connectivity index (χ2n) is 8.10. The van der Waals surface area contributed by atoms with Gasteiger partial charge in [0.05, 0.1) is 17.3 Å². The quantitative estimate of drug-likeness (QED) is 0.271. The number of carbonyl (C=O) groups excluding carboxylic acids is 1. The molecule has 3 aromatic carbocycles. The van der Waals surface area contributed by atoms with Gasteiger partial charge in [-0.1, -0.05) is 77.4 Å². The number of benzene rings is 3. The number of aromatic nitrogens is 1. The smallest absolute Gasteiger partial charge is 0.419 e. The summed E-state index contributed by atoms with van der Waals surface area (Å²) in [6, 6.07) is 22.5. The molecule has 7 nitrogen and oxygen atoms in total. The first kappa shape index (κ1) is 25.0. The molecule has 0 radical (unpaired) electrons. The summed E-state index contributed by atoms with van der Waals surface area (Å²) in [6.45, 7) is 3.69. The fourth-order valence-electron chi connectivity index (χ4n) is 3.88. The number of halogens is 1. The predicted molar refractivity (Wildman–Crippen MR) is 139 cm³/mol. The molecule has 0 fully saturated rings. The molecule has 1 amide bonds. The zero-order valence-corrected chi connectivity index (χ0v) is 20.7. The van der Waals surface area contributed by atoms with Crippen molar-refractivity contribution in [1.82, 2.24) is 5.16 Å². The Morgan fingerprint density at radius 2 is 1.58 bits per heavy atom. The molecular weight excluding hydrogens is 480 g/mol. The monoisotopic (exact) mass is 504 g/mol. The van der Waals surface area contributed by atoms with Crippen LogP contribution in [0, 0.1) is 6.92 Å². The maximum Gasteiger partial charge on any atom is 0.419 e. The fraction of sp³-hybridized carbons (Fsp3) is 0.179. The van der Waals surface area contributed by atoms with E-state index < -0.39 is 12.1 Å². The SMILES string of the molecule is CCOC(=O)N(c1ccccc1Cl)c1c(C)noc1-c1ccc(-c2ccc(CCC(=O)O)cc2)cc1. The van der Waals surface area contributed by atoms with Gasteiger partial charge in [0.25, 0.3) is 0 Å². The van der Waals surface area contributed by atoms with Crippen LogP contribution >= 0.6 is 11.6 Å². The van der Waals surface area contributed by atoms with E-state index in [2.05, 4.69) is 5.16 Å². The van der Waals surface area contributed by atoms with Gasteiger partial charge >= 0.3 is 12.1 Å². The molecule has 0 aliphatic rings. The summed E-state index contributed by atoms with van der Waals surface area (Å²) in [5, 5.41) is 13.4. The van der Waals surface area contributed by atoms with Gasteiger partial charge in [-0.15, -0.1) is 0 Å². The standard InChI is InChI=1S/C28H25ClN2O5/c1-3-35-28(34)31(24-7-5-4-6-23(24)29)26-18(2)30-36-27(26)22-15-13-21(14-16-22)20-11-8-19(9-12-20)10-17-25(32)33/h4-9,11-16H,3,10,17H2,1-2H3,(H,32,33). The summed E-state index contributed by atoms with van der Waals surface area (Å²) in [5.41, 5.74) is 5.11. The highest BCUT2D eigenvalue weighted by Crippen LogP contribution is 2.41. The Morgan fingerprint density at radius 3 is 2.19 bits per heavy atom.